The van der Waals surface area contributed by atoms with Gasteiger partial charge in [-0.2, -0.15) is 0 Å². The maximum atomic E-state index is 13.6. The van der Waals surface area contributed by atoms with Gasteiger partial charge in [-0.05, 0) is 48.4 Å². The number of benzene rings is 2. The Morgan fingerprint density at radius 2 is 1.50 bits per heavy atom. The normalized spacial score (nSPS) is 15.1. The number of hydrogen-bond acceptors (Lipinski definition) is 9. The average molecular weight is 507 g/mol. The van der Waals surface area contributed by atoms with Gasteiger partial charge >= 0.3 is 17.9 Å². The highest BCUT2D eigenvalue weighted by molar-refractivity contribution is 7.07. The molecule has 36 heavy (non-hydrogen) atoms. The maximum Gasteiger partial charge on any atom is 0.338 e. The van der Waals surface area contributed by atoms with Crippen LogP contribution >= 0.6 is 11.3 Å². The van der Waals surface area contributed by atoms with Crippen molar-refractivity contribution >= 4 is 35.3 Å². The van der Waals surface area contributed by atoms with Crippen molar-refractivity contribution in [3.63, 3.8) is 0 Å². The van der Waals surface area contributed by atoms with E-state index in [2.05, 4.69) is 4.99 Å². The number of fused-ring (bicyclic) bond motifs is 1. The molecule has 184 valence electrons. The fourth-order valence-corrected chi connectivity index (χ4v) is 4.89. The van der Waals surface area contributed by atoms with Crippen LogP contribution in [0.5, 0.6) is 11.5 Å². The van der Waals surface area contributed by atoms with Crippen molar-refractivity contribution in [2.24, 2.45) is 4.99 Å². The van der Waals surface area contributed by atoms with Crippen LogP contribution in [0.15, 0.2) is 69.6 Å². The summed E-state index contributed by atoms with van der Waals surface area (Å²) in [5, 5.41) is 0. The van der Waals surface area contributed by atoms with Crippen LogP contribution in [0.3, 0.4) is 0 Å². The summed E-state index contributed by atoms with van der Waals surface area (Å²) >= 11 is 1.19. The molecule has 1 aromatic heterocycles. The smallest absolute Gasteiger partial charge is 0.338 e. The monoisotopic (exact) mass is 506 g/mol. The molecular weight excluding hydrogens is 484 g/mol. The van der Waals surface area contributed by atoms with E-state index in [1.165, 1.54) is 36.9 Å². The molecule has 0 spiro atoms. The lowest BCUT2D eigenvalue weighted by Crippen LogP contribution is -2.39. The van der Waals surface area contributed by atoms with E-state index >= 15 is 0 Å². The highest BCUT2D eigenvalue weighted by Gasteiger charge is 2.33. The zero-order chi connectivity index (χ0) is 26.0. The number of thiazole rings is 1. The lowest BCUT2D eigenvalue weighted by atomic mass is 9.96. The second-order valence-electron chi connectivity index (χ2n) is 7.90. The minimum absolute atomic E-state index is 0.238. The van der Waals surface area contributed by atoms with Crippen molar-refractivity contribution in [3.05, 3.63) is 90.6 Å². The molecular formula is C26H22N2O7S. The van der Waals surface area contributed by atoms with Crippen molar-refractivity contribution in [1.82, 2.24) is 4.57 Å². The Bertz CT molecular complexity index is 1560. The Morgan fingerprint density at radius 1 is 0.944 bits per heavy atom. The first kappa shape index (κ1) is 24.8. The first-order chi connectivity index (χ1) is 17.2. The van der Waals surface area contributed by atoms with Gasteiger partial charge in [0.1, 0.15) is 11.5 Å². The van der Waals surface area contributed by atoms with Crippen LogP contribution in [0.1, 0.15) is 37.9 Å². The zero-order valence-corrected chi connectivity index (χ0v) is 20.8. The third-order valence-corrected chi connectivity index (χ3v) is 6.31. The van der Waals surface area contributed by atoms with Crippen LogP contribution in [-0.2, 0) is 19.1 Å². The predicted molar refractivity (Wildman–Crippen MR) is 131 cm³/mol. The van der Waals surface area contributed by atoms with E-state index in [0.717, 1.165) is 5.56 Å². The lowest BCUT2D eigenvalue weighted by molar-refractivity contribution is -0.136. The number of hydrogen-bond donors (Lipinski definition) is 0. The minimum Gasteiger partial charge on any atom is -0.466 e. The molecule has 10 heteroatoms. The van der Waals surface area contributed by atoms with E-state index < -0.39 is 23.9 Å². The molecule has 1 unspecified atom stereocenters. The molecule has 0 radical (unpaired) electrons. The average Bonchev–Trinajstić information content (AvgIpc) is 3.13. The zero-order valence-electron chi connectivity index (χ0n) is 19.9. The molecule has 3 aromatic rings. The van der Waals surface area contributed by atoms with Gasteiger partial charge in [-0.3, -0.25) is 19.0 Å². The number of carbonyl (C=O) groups excluding carboxylic acids is 3. The highest BCUT2D eigenvalue weighted by atomic mass is 32.1. The lowest BCUT2D eigenvalue weighted by Gasteiger charge is -2.24. The second-order valence-corrected chi connectivity index (χ2v) is 8.91. The van der Waals surface area contributed by atoms with Gasteiger partial charge in [-0.15, -0.1) is 0 Å². The molecule has 2 heterocycles. The maximum absolute atomic E-state index is 13.6. The van der Waals surface area contributed by atoms with Gasteiger partial charge in [0.25, 0.3) is 5.56 Å². The standard InChI is InChI=1S/C26H22N2O7S/c1-14-22(25(32)33-4)23(18-7-11-20(12-8-18)35-16(3)30)28-24(31)21(36-26(28)27-14)13-17-5-9-19(10-6-17)34-15(2)29/h5-13,23H,1-4H3/b21-13+. The molecule has 0 saturated heterocycles. The summed E-state index contributed by atoms with van der Waals surface area (Å²) in [4.78, 5) is 53.7. The number of allylic oxidation sites excluding steroid dienone is 1. The quantitative estimate of drug-likeness (QED) is 0.385. The van der Waals surface area contributed by atoms with Crippen LogP contribution in [0.4, 0.5) is 0 Å². The Balaban J connectivity index is 1.83. The molecule has 9 nitrogen and oxygen atoms in total. The third kappa shape index (κ3) is 5.03. The van der Waals surface area contributed by atoms with E-state index in [9.17, 15) is 19.2 Å². The molecule has 0 fully saturated rings. The molecule has 0 N–H and O–H groups in total. The van der Waals surface area contributed by atoms with Gasteiger partial charge in [0, 0.05) is 13.8 Å². The first-order valence-corrected chi connectivity index (χ1v) is 11.7. The van der Waals surface area contributed by atoms with Crippen LogP contribution in [0.2, 0.25) is 0 Å². The molecule has 4 rings (SSSR count). The molecule has 1 aliphatic heterocycles. The van der Waals surface area contributed by atoms with Crippen LogP contribution in [-0.4, -0.2) is 29.6 Å². The van der Waals surface area contributed by atoms with Crippen molar-refractivity contribution in [1.29, 1.82) is 0 Å². The fourth-order valence-electron chi connectivity index (χ4n) is 3.84. The van der Waals surface area contributed by atoms with Gasteiger partial charge in [0.2, 0.25) is 0 Å². The summed E-state index contributed by atoms with van der Waals surface area (Å²) in [5.41, 5.74) is 1.70. The molecule has 1 atom stereocenters. The third-order valence-electron chi connectivity index (χ3n) is 5.32. The number of methoxy groups -OCH3 is 1. The summed E-state index contributed by atoms with van der Waals surface area (Å²) in [6, 6.07) is 12.5. The molecule has 1 aliphatic rings. The van der Waals surface area contributed by atoms with Gasteiger partial charge in [-0.25, -0.2) is 9.79 Å². The fraction of sp³-hybridized carbons (Fsp3) is 0.192. The van der Waals surface area contributed by atoms with Gasteiger partial charge in [-0.1, -0.05) is 35.6 Å². The van der Waals surface area contributed by atoms with Gasteiger partial charge in [0.05, 0.1) is 29.0 Å². The van der Waals surface area contributed by atoms with Crippen molar-refractivity contribution in [2.75, 3.05) is 7.11 Å². The van der Waals surface area contributed by atoms with Crippen molar-refractivity contribution < 1.29 is 28.6 Å². The van der Waals surface area contributed by atoms with Crippen molar-refractivity contribution in [3.8, 4) is 11.5 Å². The summed E-state index contributed by atoms with van der Waals surface area (Å²) in [5.74, 6) is -0.732. The highest BCUT2D eigenvalue weighted by Crippen LogP contribution is 2.31. The number of nitrogens with zero attached hydrogens (tertiary/aromatic N) is 2. The van der Waals surface area contributed by atoms with E-state index in [4.69, 9.17) is 14.2 Å². The topological polar surface area (TPSA) is 113 Å². The molecule has 2 aromatic carbocycles. The van der Waals surface area contributed by atoms with Crippen LogP contribution in [0, 0.1) is 0 Å². The van der Waals surface area contributed by atoms with E-state index in [0.29, 0.717) is 32.1 Å². The van der Waals surface area contributed by atoms with E-state index in [-0.39, 0.29) is 11.1 Å². The van der Waals surface area contributed by atoms with Gasteiger partial charge in [0.15, 0.2) is 4.80 Å². The first-order valence-electron chi connectivity index (χ1n) is 10.9. The number of ether oxygens (including phenoxy) is 3. The summed E-state index contributed by atoms with van der Waals surface area (Å²) < 4.78 is 17.0. The van der Waals surface area contributed by atoms with E-state index in [1.54, 1.807) is 61.5 Å². The number of carbonyl (C=O) groups is 3. The number of aromatic nitrogens is 1. The Labute approximate surface area is 209 Å². The van der Waals surface area contributed by atoms with Crippen molar-refractivity contribution in [2.45, 2.75) is 26.8 Å². The predicted octanol–water partition coefficient (Wildman–Crippen LogP) is 2.26. The molecule has 0 bridgehead atoms. The second kappa shape index (κ2) is 10.1. The minimum atomic E-state index is -0.784. The summed E-state index contributed by atoms with van der Waals surface area (Å²) in [6.07, 6.45) is 1.71. The Morgan fingerprint density at radius 3 is 2.03 bits per heavy atom. The van der Waals surface area contributed by atoms with Crippen LogP contribution in [0.25, 0.3) is 6.08 Å². The van der Waals surface area contributed by atoms with Crippen LogP contribution < -0.4 is 24.4 Å². The van der Waals surface area contributed by atoms with E-state index in [1.807, 2.05) is 0 Å². The Kier molecular flexibility index (Phi) is 6.98. The molecule has 0 aliphatic carbocycles. The Hall–Kier alpha value is -4.31. The summed E-state index contributed by atoms with van der Waals surface area (Å²) in [6.45, 7) is 4.31. The molecule has 0 saturated carbocycles. The number of esters is 3. The largest absolute Gasteiger partial charge is 0.466 e. The summed E-state index contributed by atoms with van der Waals surface area (Å²) in [7, 11) is 1.27. The molecule has 0 amide bonds. The number of rotatable bonds is 5. The van der Waals surface area contributed by atoms with Gasteiger partial charge < -0.3 is 14.2 Å². The SMILES string of the molecule is COC(=O)C1=C(C)N=c2s/c(=C/c3ccc(OC(C)=O)cc3)c(=O)n2C1c1ccc(OC(C)=O)cc1.